The molecule has 364 valence electrons. The van der Waals surface area contributed by atoms with Gasteiger partial charge in [-0.3, -0.25) is 0 Å². The van der Waals surface area contributed by atoms with Crippen molar-refractivity contribution < 1.29 is 0 Å². The minimum absolute atomic E-state index is 0.0468. The molecular weight excluding hydrogens is 929 g/mol. The lowest BCUT2D eigenvalue weighted by Gasteiger charge is -2.26. The summed E-state index contributed by atoms with van der Waals surface area (Å²) in [5.74, 6) is 0. The van der Waals surface area contributed by atoms with Gasteiger partial charge in [0.1, 0.15) is 0 Å². The Labute approximate surface area is 451 Å². The smallest absolute Gasteiger partial charge is 0.0541 e. The van der Waals surface area contributed by atoms with Crippen LogP contribution >= 0.6 is 0 Å². The zero-order chi connectivity index (χ0) is 51.5. The minimum Gasteiger partial charge on any atom is -0.311 e. The molecule has 12 aromatic carbocycles. The minimum atomic E-state index is -0.0468. The van der Waals surface area contributed by atoms with Crippen LogP contribution in [-0.2, 0) is 5.41 Å². The second-order valence-electron chi connectivity index (χ2n) is 20.9. The van der Waals surface area contributed by atoms with Crippen molar-refractivity contribution in [3.05, 3.63) is 302 Å². The van der Waals surface area contributed by atoms with Crippen LogP contribution in [0, 0.1) is 0 Å². The lowest BCUT2D eigenvalue weighted by Crippen LogP contribution is -2.14. The molecule has 0 unspecified atom stereocenters. The van der Waals surface area contributed by atoms with E-state index in [4.69, 9.17) is 0 Å². The number of rotatable bonds is 10. The first-order valence-corrected chi connectivity index (χ1v) is 26.7. The van der Waals surface area contributed by atoms with E-state index in [-0.39, 0.29) is 5.41 Å². The number of hydrogen-bond donors (Lipinski definition) is 0. The van der Waals surface area contributed by atoms with E-state index in [1.807, 2.05) is 0 Å². The van der Waals surface area contributed by atoms with Crippen LogP contribution in [0.25, 0.3) is 105 Å². The summed E-state index contributed by atoms with van der Waals surface area (Å²) in [6.07, 6.45) is 0. The third-order valence-corrected chi connectivity index (χ3v) is 16.1. The van der Waals surface area contributed by atoms with Gasteiger partial charge in [-0.2, -0.15) is 0 Å². The van der Waals surface area contributed by atoms with Gasteiger partial charge in [-0.1, -0.05) is 232 Å². The molecule has 0 bridgehead atoms. The molecule has 0 saturated heterocycles. The van der Waals surface area contributed by atoms with E-state index in [0.717, 1.165) is 17.1 Å². The number of benzene rings is 12. The lowest BCUT2D eigenvalue weighted by molar-refractivity contribution is 0.660. The van der Waals surface area contributed by atoms with Crippen molar-refractivity contribution in [1.29, 1.82) is 0 Å². The maximum atomic E-state index is 2.40. The highest BCUT2D eigenvalue weighted by atomic mass is 15.1. The molecule has 0 spiro atoms. The normalized spacial score (nSPS) is 12.4. The first-order chi connectivity index (χ1) is 37.9. The second kappa shape index (κ2) is 18.9. The first-order valence-electron chi connectivity index (χ1n) is 26.7. The van der Waals surface area contributed by atoms with E-state index in [0.29, 0.717) is 0 Å². The molecule has 1 aromatic heterocycles. The van der Waals surface area contributed by atoms with Crippen LogP contribution in [0.15, 0.2) is 291 Å². The van der Waals surface area contributed by atoms with Gasteiger partial charge in [-0.05, 0) is 162 Å². The Hall–Kier alpha value is -9.76. The summed E-state index contributed by atoms with van der Waals surface area (Å²) in [7, 11) is 0. The topological polar surface area (TPSA) is 8.17 Å². The molecule has 0 saturated carbocycles. The zero-order valence-corrected chi connectivity index (χ0v) is 43.1. The van der Waals surface area contributed by atoms with Crippen molar-refractivity contribution in [1.82, 2.24) is 4.57 Å². The van der Waals surface area contributed by atoms with Crippen LogP contribution < -0.4 is 4.90 Å². The number of aromatic nitrogens is 1. The van der Waals surface area contributed by atoms with E-state index in [1.165, 1.54) is 117 Å². The Kier molecular flexibility index (Phi) is 11.2. The fourth-order valence-electron chi connectivity index (χ4n) is 11.9. The quantitative estimate of drug-likeness (QED) is 0.133. The van der Waals surface area contributed by atoms with Crippen LogP contribution in [0.3, 0.4) is 0 Å². The van der Waals surface area contributed by atoms with Crippen LogP contribution in [0.1, 0.15) is 25.0 Å². The molecule has 0 atom stereocenters. The highest BCUT2D eigenvalue weighted by Gasteiger charge is 2.35. The molecule has 1 aliphatic carbocycles. The van der Waals surface area contributed by atoms with Crippen LogP contribution in [0.5, 0.6) is 0 Å². The third-order valence-electron chi connectivity index (χ3n) is 16.1. The van der Waals surface area contributed by atoms with Crippen molar-refractivity contribution in [2.45, 2.75) is 19.3 Å². The fraction of sp³-hybridized carbons (Fsp3) is 0.0400. The molecule has 2 nitrogen and oxygen atoms in total. The Morgan fingerprint density at radius 1 is 0.260 bits per heavy atom. The molecule has 1 heterocycles. The predicted octanol–water partition coefficient (Wildman–Crippen LogP) is 20.6. The maximum Gasteiger partial charge on any atom is 0.0541 e. The molecule has 0 radical (unpaired) electrons. The van der Waals surface area contributed by atoms with Gasteiger partial charge in [0.2, 0.25) is 0 Å². The first kappa shape index (κ1) is 45.8. The van der Waals surface area contributed by atoms with Gasteiger partial charge >= 0.3 is 0 Å². The standard InChI is InChI=1S/C75H54N2/c1-75(2)71-19-11-9-17-67(71)68-47-39-62(50-72(68)75)60-37-45-66(46-38-60)76(64-41-33-57(34-42-64)51-13-5-3-6-14-51)65-43-35-58(36-44-65)56-27-25-53(26-28-56)52-21-23-54(24-22-52)55-29-31-59(32-30-55)61-40-48-74-70(49-61)69-18-10-12-20-73(69)77(74)63-15-7-4-8-16-63/h3-50H,1-2H3. The lowest BCUT2D eigenvalue weighted by atomic mass is 9.81. The average molecular weight is 983 g/mol. The van der Waals surface area contributed by atoms with Crippen molar-refractivity contribution in [3.63, 3.8) is 0 Å². The largest absolute Gasteiger partial charge is 0.311 e. The van der Waals surface area contributed by atoms with Crippen LogP contribution in [-0.4, -0.2) is 4.57 Å². The summed E-state index contributed by atoms with van der Waals surface area (Å²) in [5.41, 5.74) is 26.8. The van der Waals surface area contributed by atoms with Gasteiger partial charge in [-0.25, -0.2) is 0 Å². The van der Waals surface area contributed by atoms with Gasteiger partial charge in [0.25, 0.3) is 0 Å². The average Bonchev–Trinajstić information content (AvgIpc) is 4.08. The Morgan fingerprint density at radius 3 is 1.13 bits per heavy atom. The Bertz CT molecular complexity index is 4270. The second-order valence-corrected chi connectivity index (χ2v) is 20.9. The molecule has 0 fully saturated rings. The SMILES string of the molecule is CC1(C)c2ccccc2-c2ccc(-c3ccc(N(c4ccc(-c5ccccc5)cc4)c4ccc(-c5ccc(-c6ccc(-c7ccc(-c8ccc9c(c8)c8ccccc8n9-c8ccccc8)cc7)cc6)cc5)cc4)cc3)cc21. The Morgan fingerprint density at radius 2 is 0.610 bits per heavy atom. The summed E-state index contributed by atoms with van der Waals surface area (Å²) >= 11 is 0. The van der Waals surface area contributed by atoms with Crippen molar-refractivity contribution >= 4 is 38.9 Å². The Balaban J connectivity index is 0.697. The fourth-order valence-corrected chi connectivity index (χ4v) is 11.9. The van der Waals surface area contributed by atoms with E-state index >= 15 is 0 Å². The van der Waals surface area contributed by atoms with Gasteiger partial charge in [-0.15, -0.1) is 0 Å². The van der Waals surface area contributed by atoms with E-state index in [2.05, 4.69) is 315 Å². The monoisotopic (exact) mass is 982 g/mol. The third kappa shape index (κ3) is 8.23. The molecule has 0 aliphatic heterocycles. The van der Waals surface area contributed by atoms with Crippen molar-refractivity contribution in [2.75, 3.05) is 4.90 Å². The molecule has 0 N–H and O–H groups in total. The zero-order valence-electron chi connectivity index (χ0n) is 43.1. The van der Waals surface area contributed by atoms with E-state index < -0.39 is 0 Å². The number of hydrogen-bond acceptors (Lipinski definition) is 1. The van der Waals surface area contributed by atoms with Crippen LogP contribution in [0.2, 0.25) is 0 Å². The number of para-hydroxylation sites is 2. The molecule has 0 amide bonds. The maximum absolute atomic E-state index is 2.40. The number of anilines is 3. The highest BCUT2D eigenvalue weighted by molar-refractivity contribution is 6.10. The van der Waals surface area contributed by atoms with Crippen molar-refractivity contribution in [2.24, 2.45) is 0 Å². The van der Waals surface area contributed by atoms with E-state index in [9.17, 15) is 0 Å². The molecule has 1 aliphatic rings. The molecule has 14 rings (SSSR count). The summed E-state index contributed by atoms with van der Waals surface area (Å²) in [4.78, 5) is 2.36. The van der Waals surface area contributed by atoms with Gasteiger partial charge < -0.3 is 9.47 Å². The summed E-state index contributed by atoms with van der Waals surface area (Å²) in [6, 6.07) is 107. The predicted molar refractivity (Wildman–Crippen MR) is 326 cm³/mol. The summed E-state index contributed by atoms with van der Waals surface area (Å²) in [6.45, 7) is 4.70. The van der Waals surface area contributed by atoms with Gasteiger partial charge in [0, 0.05) is 38.9 Å². The molecule has 2 heteroatoms. The molecule has 77 heavy (non-hydrogen) atoms. The highest BCUT2D eigenvalue weighted by Crippen LogP contribution is 2.50. The summed E-state index contributed by atoms with van der Waals surface area (Å²) in [5, 5.41) is 2.52. The molecule has 13 aromatic rings. The summed E-state index contributed by atoms with van der Waals surface area (Å²) < 4.78 is 2.37. The van der Waals surface area contributed by atoms with Crippen LogP contribution in [0.4, 0.5) is 17.1 Å². The number of nitrogens with zero attached hydrogens (tertiary/aromatic N) is 2. The van der Waals surface area contributed by atoms with E-state index in [1.54, 1.807) is 0 Å². The van der Waals surface area contributed by atoms with Crippen molar-refractivity contribution in [3.8, 4) is 83.6 Å². The number of fused-ring (bicyclic) bond motifs is 6. The molecular formula is C75H54N2. The van der Waals surface area contributed by atoms with Gasteiger partial charge in [0.05, 0.1) is 11.0 Å². The van der Waals surface area contributed by atoms with Gasteiger partial charge in [0.15, 0.2) is 0 Å².